The second-order valence-corrected chi connectivity index (χ2v) is 12.6. The normalized spacial score (nSPS) is 10.3. The first kappa shape index (κ1) is 41.3. The van der Waals surface area contributed by atoms with Gasteiger partial charge in [-0.05, 0) is 87.1 Å². The molecule has 0 aliphatic heterocycles. The summed E-state index contributed by atoms with van der Waals surface area (Å²) < 4.78 is 24.1. The number of hydrogen-bond acceptors (Lipinski definition) is 6. The molecule has 0 amide bonds. The highest BCUT2D eigenvalue weighted by Crippen LogP contribution is 2.29. The van der Waals surface area contributed by atoms with Gasteiger partial charge in [0.1, 0.15) is 23.0 Å². The molecule has 3 rings (SSSR count). The van der Waals surface area contributed by atoms with Crippen LogP contribution in [0.1, 0.15) is 126 Å². The van der Waals surface area contributed by atoms with Gasteiger partial charge in [-0.25, -0.2) is 0 Å². The van der Waals surface area contributed by atoms with Crippen LogP contribution >= 0.6 is 0 Å². The van der Waals surface area contributed by atoms with Gasteiger partial charge >= 0.3 is 11.9 Å². The third-order valence-electron chi connectivity index (χ3n) is 8.09. The van der Waals surface area contributed by atoms with E-state index in [1.54, 1.807) is 0 Å². The molecule has 0 spiro atoms. The Kier molecular flexibility index (Phi) is 19.8. The van der Waals surface area contributed by atoms with Crippen LogP contribution in [0.5, 0.6) is 23.0 Å². The number of carboxylic acid groups (broad SMARTS) is 2. The quantitative estimate of drug-likeness (QED) is 0.0699. The van der Waals surface area contributed by atoms with Gasteiger partial charge < -0.3 is 29.2 Å². The lowest BCUT2D eigenvalue weighted by molar-refractivity contribution is -0.138. The molecule has 0 aliphatic carbocycles. The maximum atomic E-state index is 11.0. The highest BCUT2D eigenvalue weighted by Gasteiger charge is 2.12. The van der Waals surface area contributed by atoms with Crippen molar-refractivity contribution in [1.29, 1.82) is 0 Å². The molecule has 0 heterocycles. The first-order valence-electron chi connectivity index (χ1n) is 18.7. The van der Waals surface area contributed by atoms with E-state index in [0.717, 1.165) is 48.3 Å². The Bertz CT molecular complexity index is 1500. The fourth-order valence-electron chi connectivity index (χ4n) is 5.10. The Hall–Kier alpha value is -5.08. The fraction of sp³-hybridized carbons (Fsp3) is 0.455. The molecule has 0 fully saturated rings. The van der Waals surface area contributed by atoms with Crippen LogP contribution in [0.2, 0.25) is 0 Å². The molecule has 8 nitrogen and oxygen atoms in total. The maximum Gasteiger partial charge on any atom is 0.303 e. The van der Waals surface area contributed by atoms with Crippen LogP contribution in [-0.2, 0) is 9.59 Å². The molecule has 52 heavy (non-hydrogen) atoms. The van der Waals surface area contributed by atoms with Gasteiger partial charge in [-0.3, -0.25) is 9.59 Å². The second-order valence-electron chi connectivity index (χ2n) is 12.6. The van der Waals surface area contributed by atoms with E-state index in [1.807, 2.05) is 60.7 Å². The Labute approximate surface area is 309 Å². The van der Waals surface area contributed by atoms with Gasteiger partial charge in [-0.2, -0.15) is 0 Å². The van der Waals surface area contributed by atoms with E-state index >= 15 is 0 Å². The van der Waals surface area contributed by atoms with Crippen molar-refractivity contribution in [1.82, 2.24) is 0 Å². The molecule has 8 heteroatoms. The van der Waals surface area contributed by atoms with Crippen LogP contribution in [0.15, 0.2) is 60.7 Å². The zero-order valence-electron chi connectivity index (χ0n) is 30.8. The largest absolute Gasteiger partial charge is 0.494 e. The van der Waals surface area contributed by atoms with Gasteiger partial charge in [0.25, 0.3) is 0 Å². The van der Waals surface area contributed by atoms with Crippen LogP contribution in [-0.4, -0.2) is 48.6 Å². The smallest absolute Gasteiger partial charge is 0.303 e. The summed E-state index contributed by atoms with van der Waals surface area (Å²) in [4.78, 5) is 22.0. The van der Waals surface area contributed by atoms with E-state index in [2.05, 4.69) is 37.5 Å². The number of benzene rings is 3. The van der Waals surface area contributed by atoms with Gasteiger partial charge in [0, 0.05) is 36.1 Å². The zero-order valence-corrected chi connectivity index (χ0v) is 30.8. The van der Waals surface area contributed by atoms with Crippen molar-refractivity contribution in [2.75, 3.05) is 26.4 Å². The SMILES string of the molecule is CCCCCCOc1ccc(C#Cc2cc(OCCCCC(=O)O)c(C#Cc3ccc(OCCCCCC)cc3)cc2OCCCCC(=O)O)cc1. The summed E-state index contributed by atoms with van der Waals surface area (Å²) in [6, 6.07) is 19.0. The summed E-state index contributed by atoms with van der Waals surface area (Å²) in [6.07, 6.45) is 11.4. The van der Waals surface area contributed by atoms with Crippen molar-refractivity contribution in [2.24, 2.45) is 0 Å². The first-order valence-corrected chi connectivity index (χ1v) is 18.7. The van der Waals surface area contributed by atoms with E-state index in [-0.39, 0.29) is 12.8 Å². The van der Waals surface area contributed by atoms with E-state index in [1.165, 1.54) is 25.7 Å². The minimum absolute atomic E-state index is 0.0720. The molecule has 0 saturated heterocycles. The number of unbranched alkanes of at least 4 members (excludes halogenated alkanes) is 8. The number of ether oxygens (including phenoxy) is 4. The van der Waals surface area contributed by atoms with Crippen molar-refractivity contribution in [3.63, 3.8) is 0 Å². The molecule has 0 bridgehead atoms. The summed E-state index contributed by atoms with van der Waals surface area (Å²) in [7, 11) is 0. The van der Waals surface area contributed by atoms with Gasteiger partial charge in [0.15, 0.2) is 0 Å². The molecule has 0 aliphatic rings. The van der Waals surface area contributed by atoms with Crippen LogP contribution in [0.4, 0.5) is 0 Å². The maximum absolute atomic E-state index is 11.0. The summed E-state index contributed by atoms with van der Waals surface area (Å²) >= 11 is 0. The molecular formula is C44H54O8. The van der Waals surface area contributed by atoms with Crippen LogP contribution in [0, 0.1) is 23.7 Å². The Morgan fingerprint density at radius 3 is 1.21 bits per heavy atom. The van der Waals surface area contributed by atoms with E-state index in [0.29, 0.717) is 74.7 Å². The van der Waals surface area contributed by atoms with Crippen molar-refractivity contribution in [3.8, 4) is 46.7 Å². The van der Waals surface area contributed by atoms with Crippen LogP contribution in [0.3, 0.4) is 0 Å². The Balaban J connectivity index is 1.86. The minimum Gasteiger partial charge on any atom is -0.494 e. The highest BCUT2D eigenvalue weighted by molar-refractivity contribution is 5.67. The average molecular weight is 711 g/mol. The molecule has 278 valence electrons. The number of carbonyl (C=O) groups is 2. The van der Waals surface area contributed by atoms with Crippen LogP contribution < -0.4 is 18.9 Å². The monoisotopic (exact) mass is 710 g/mol. The molecule has 0 saturated carbocycles. The summed E-state index contributed by atoms with van der Waals surface area (Å²) in [5.74, 6) is 13.9. The third-order valence-corrected chi connectivity index (χ3v) is 8.09. The first-order chi connectivity index (χ1) is 25.4. The number of rotatable bonds is 24. The topological polar surface area (TPSA) is 112 Å². The zero-order chi connectivity index (χ0) is 37.2. The van der Waals surface area contributed by atoms with Gasteiger partial charge in [0.05, 0.1) is 37.6 Å². The molecule has 0 atom stereocenters. The van der Waals surface area contributed by atoms with Crippen molar-refractivity contribution in [2.45, 2.75) is 104 Å². The molecule has 2 N–H and O–H groups in total. The van der Waals surface area contributed by atoms with E-state index in [9.17, 15) is 9.59 Å². The van der Waals surface area contributed by atoms with Crippen molar-refractivity contribution < 1.29 is 38.7 Å². The number of hydrogen-bond donors (Lipinski definition) is 2. The lowest BCUT2D eigenvalue weighted by Gasteiger charge is -2.13. The highest BCUT2D eigenvalue weighted by atomic mass is 16.5. The Morgan fingerprint density at radius 1 is 0.481 bits per heavy atom. The molecule has 3 aromatic carbocycles. The summed E-state index contributed by atoms with van der Waals surface area (Å²) in [6.45, 7) is 6.38. The fourth-order valence-corrected chi connectivity index (χ4v) is 5.10. The van der Waals surface area contributed by atoms with Crippen molar-refractivity contribution in [3.05, 3.63) is 82.9 Å². The molecular weight excluding hydrogens is 656 g/mol. The van der Waals surface area contributed by atoms with E-state index in [4.69, 9.17) is 29.2 Å². The summed E-state index contributed by atoms with van der Waals surface area (Å²) in [5.41, 5.74) is 2.81. The number of carboxylic acids is 2. The lowest BCUT2D eigenvalue weighted by atomic mass is 10.1. The molecule has 0 unspecified atom stereocenters. The van der Waals surface area contributed by atoms with Gasteiger partial charge in [-0.1, -0.05) is 76.1 Å². The van der Waals surface area contributed by atoms with Gasteiger partial charge in [-0.15, -0.1) is 0 Å². The van der Waals surface area contributed by atoms with Crippen LogP contribution in [0.25, 0.3) is 0 Å². The third kappa shape index (κ3) is 17.2. The standard InChI is InChI=1S/C44H54O8/c1-3-5-7-11-29-49-39-25-19-35(20-26-39)17-23-37-33-42(52-32-14-10-16-44(47)48)38(34-41(37)51-31-13-9-15-43(45)46)24-18-36-21-27-40(28-22-36)50-30-12-8-6-4-2/h19-22,25-28,33-34H,3-16,29-32H2,1-2H3,(H,45,46)(H,47,48). The predicted octanol–water partition coefficient (Wildman–Crippen LogP) is 9.67. The average Bonchev–Trinajstić information content (AvgIpc) is 3.14. The predicted molar refractivity (Wildman–Crippen MR) is 205 cm³/mol. The number of aliphatic carboxylic acids is 2. The second kappa shape index (κ2) is 25.0. The molecule has 0 radical (unpaired) electrons. The van der Waals surface area contributed by atoms with E-state index < -0.39 is 11.9 Å². The van der Waals surface area contributed by atoms with Gasteiger partial charge in [0.2, 0.25) is 0 Å². The Morgan fingerprint density at radius 2 is 0.846 bits per heavy atom. The van der Waals surface area contributed by atoms with Crippen molar-refractivity contribution >= 4 is 11.9 Å². The molecule has 3 aromatic rings. The minimum atomic E-state index is -0.839. The molecule has 0 aromatic heterocycles. The summed E-state index contributed by atoms with van der Waals surface area (Å²) in [5, 5.41) is 18.1. The lowest BCUT2D eigenvalue weighted by Crippen LogP contribution is -2.04.